The van der Waals surface area contributed by atoms with E-state index in [4.69, 9.17) is 16.3 Å². The van der Waals surface area contributed by atoms with Gasteiger partial charge in [0.15, 0.2) is 5.50 Å². The summed E-state index contributed by atoms with van der Waals surface area (Å²) in [5.74, 6) is 0.664. The van der Waals surface area contributed by atoms with Gasteiger partial charge in [0.1, 0.15) is 5.75 Å². The number of thioether (sulfide) groups is 1. The molecule has 6 heteroatoms. The molecule has 2 aromatic rings. The molecule has 1 aliphatic heterocycles. The van der Waals surface area contributed by atoms with Crippen LogP contribution < -0.4 is 15.4 Å². The lowest BCUT2D eigenvalue weighted by Gasteiger charge is -2.15. The topological polar surface area (TPSA) is 50.4 Å². The lowest BCUT2D eigenvalue weighted by Crippen LogP contribution is -2.31. The van der Waals surface area contributed by atoms with Crippen molar-refractivity contribution < 1.29 is 9.53 Å². The third-order valence-corrected chi connectivity index (χ3v) is 4.87. The van der Waals surface area contributed by atoms with Crippen LogP contribution in [0.3, 0.4) is 0 Å². The summed E-state index contributed by atoms with van der Waals surface area (Å²) < 4.78 is 5.21. The first kappa shape index (κ1) is 16.7. The molecule has 1 unspecified atom stereocenters. The molecule has 2 N–H and O–H groups in total. The second kappa shape index (κ2) is 7.20. The number of methoxy groups -OCH3 is 1. The fourth-order valence-electron chi connectivity index (χ4n) is 2.34. The summed E-state index contributed by atoms with van der Waals surface area (Å²) in [6.45, 7) is 1.99. The minimum absolute atomic E-state index is 0.0972. The van der Waals surface area contributed by atoms with E-state index in [0.29, 0.717) is 9.93 Å². The molecule has 0 aromatic heterocycles. The van der Waals surface area contributed by atoms with E-state index >= 15 is 0 Å². The van der Waals surface area contributed by atoms with Crippen molar-refractivity contribution in [2.75, 3.05) is 12.4 Å². The number of anilines is 1. The molecule has 2 aromatic carbocycles. The summed E-state index contributed by atoms with van der Waals surface area (Å²) in [5.41, 5.74) is 2.67. The Balaban J connectivity index is 1.75. The van der Waals surface area contributed by atoms with Gasteiger partial charge in [0.05, 0.1) is 12.0 Å². The maximum atomic E-state index is 12.2. The SMILES string of the molecule is COc1cccc(/C=C2\SC(Nc3cc(Cl)ccc3C)NC2=O)c1. The Kier molecular flexibility index (Phi) is 5.02. The number of amides is 1. The Hall–Kier alpha value is -2.11. The molecule has 24 heavy (non-hydrogen) atoms. The zero-order chi connectivity index (χ0) is 17.1. The molecule has 0 saturated carbocycles. The highest BCUT2D eigenvalue weighted by Gasteiger charge is 2.27. The van der Waals surface area contributed by atoms with Gasteiger partial charge in [0, 0.05) is 10.7 Å². The number of halogens is 1. The molecule has 4 nitrogen and oxygen atoms in total. The zero-order valence-electron chi connectivity index (χ0n) is 13.3. The molecule has 0 aliphatic carbocycles. The van der Waals surface area contributed by atoms with Crippen LogP contribution >= 0.6 is 23.4 Å². The number of aryl methyl sites for hydroxylation is 1. The average Bonchev–Trinajstić information content (AvgIpc) is 2.90. The van der Waals surface area contributed by atoms with Crippen LogP contribution in [0.4, 0.5) is 5.69 Å². The van der Waals surface area contributed by atoms with Crippen LogP contribution in [0.5, 0.6) is 5.75 Å². The summed E-state index contributed by atoms with van der Waals surface area (Å²) >= 11 is 7.48. The molecule has 124 valence electrons. The normalized spacial score (nSPS) is 18.5. The standard InChI is InChI=1S/C18H17ClN2O2S/c1-11-6-7-13(19)10-15(11)20-18-21-17(22)16(24-18)9-12-4-3-5-14(8-12)23-2/h3-10,18,20H,1-2H3,(H,21,22)/b16-9-. The molecule has 1 heterocycles. The molecule has 1 amide bonds. The van der Waals surface area contributed by atoms with E-state index in [-0.39, 0.29) is 11.4 Å². The van der Waals surface area contributed by atoms with Crippen molar-refractivity contribution in [3.63, 3.8) is 0 Å². The van der Waals surface area contributed by atoms with Gasteiger partial charge in [-0.3, -0.25) is 4.79 Å². The Morgan fingerprint density at radius 3 is 2.92 bits per heavy atom. The highest BCUT2D eigenvalue weighted by molar-refractivity contribution is 8.05. The van der Waals surface area contributed by atoms with Crippen LogP contribution in [-0.4, -0.2) is 18.5 Å². The monoisotopic (exact) mass is 360 g/mol. The second-order valence-corrected chi connectivity index (χ2v) is 6.94. The summed E-state index contributed by atoms with van der Waals surface area (Å²) in [6, 6.07) is 13.2. The van der Waals surface area contributed by atoms with Gasteiger partial charge in [-0.05, 0) is 48.4 Å². The van der Waals surface area contributed by atoms with Crippen LogP contribution in [0.25, 0.3) is 6.08 Å². The molecule has 1 atom stereocenters. The molecule has 1 fully saturated rings. The van der Waals surface area contributed by atoms with Crippen LogP contribution in [-0.2, 0) is 4.79 Å². The number of benzene rings is 2. The van der Waals surface area contributed by atoms with Gasteiger partial charge in [-0.25, -0.2) is 0 Å². The summed E-state index contributed by atoms with van der Waals surface area (Å²) in [6.07, 6.45) is 1.86. The number of ether oxygens (including phenoxy) is 1. The highest BCUT2D eigenvalue weighted by Crippen LogP contribution is 2.32. The first-order valence-corrected chi connectivity index (χ1v) is 8.67. The van der Waals surface area contributed by atoms with E-state index in [9.17, 15) is 4.79 Å². The molecule has 0 spiro atoms. The maximum Gasteiger partial charge on any atom is 0.260 e. The fraction of sp³-hybridized carbons (Fsp3) is 0.167. The van der Waals surface area contributed by atoms with E-state index in [1.807, 2.05) is 55.5 Å². The number of hydrogen-bond donors (Lipinski definition) is 2. The van der Waals surface area contributed by atoms with Gasteiger partial charge in [0.2, 0.25) is 0 Å². The number of hydrogen-bond acceptors (Lipinski definition) is 4. The van der Waals surface area contributed by atoms with E-state index in [2.05, 4.69) is 10.6 Å². The van der Waals surface area contributed by atoms with Gasteiger partial charge in [-0.2, -0.15) is 0 Å². The van der Waals surface area contributed by atoms with E-state index in [0.717, 1.165) is 22.6 Å². The number of carbonyl (C=O) groups excluding carboxylic acids is 1. The smallest absolute Gasteiger partial charge is 0.260 e. The van der Waals surface area contributed by atoms with Crippen LogP contribution in [0.15, 0.2) is 47.4 Å². The third kappa shape index (κ3) is 3.86. The lowest BCUT2D eigenvalue weighted by atomic mass is 10.2. The van der Waals surface area contributed by atoms with Crippen molar-refractivity contribution in [1.82, 2.24) is 5.32 Å². The minimum atomic E-state index is -0.230. The number of nitrogens with one attached hydrogen (secondary N) is 2. The van der Waals surface area contributed by atoms with Gasteiger partial charge in [0.25, 0.3) is 5.91 Å². The zero-order valence-corrected chi connectivity index (χ0v) is 14.9. The van der Waals surface area contributed by atoms with Crippen molar-refractivity contribution in [2.24, 2.45) is 0 Å². The van der Waals surface area contributed by atoms with Gasteiger partial charge in [-0.1, -0.05) is 41.6 Å². The van der Waals surface area contributed by atoms with Gasteiger partial charge >= 0.3 is 0 Å². The molecule has 1 saturated heterocycles. The predicted octanol–water partition coefficient (Wildman–Crippen LogP) is 4.26. The summed E-state index contributed by atoms with van der Waals surface area (Å²) in [4.78, 5) is 12.8. The number of rotatable bonds is 4. The Labute approximate surface area is 150 Å². The Morgan fingerprint density at radius 1 is 1.29 bits per heavy atom. The Morgan fingerprint density at radius 2 is 2.12 bits per heavy atom. The average molecular weight is 361 g/mol. The van der Waals surface area contributed by atoms with Crippen LogP contribution in [0.2, 0.25) is 5.02 Å². The molecule has 0 radical (unpaired) electrons. The Bertz CT molecular complexity index is 807. The molecular weight excluding hydrogens is 344 g/mol. The van der Waals surface area contributed by atoms with E-state index < -0.39 is 0 Å². The third-order valence-electron chi connectivity index (χ3n) is 3.61. The predicted molar refractivity (Wildman–Crippen MR) is 100 cm³/mol. The van der Waals surface area contributed by atoms with Crippen molar-refractivity contribution >= 4 is 41.0 Å². The van der Waals surface area contributed by atoms with E-state index in [1.165, 1.54) is 11.8 Å². The highest BCUT2D eigenvalue weighted by atomic mass is 35.5. The molecule has 0 bridgehead atoms. The lowest BCUT2D eigenvalue weighted by molar-refractivity contribution is -0.116. The summed E-state index contributed by atoms with van der Waals surface area (Å²) in [7, 11) is 1.62. The van der Waals surface area contributed by atoms with Crippen LogP contribution in [0, 0.1) is 6.92 Å². The molecular formula is C18H17ClN2O2S. The van der Waals surface area contributed by atoms with Crippen LogP contribution in [0.1, 0.15) is 11.1 Å². The van der Waals surface area contributed by atoms with E-state index in [1.54, 1.807) is 7.11 Å². The van der Waals surface area contributed by atoms with Crippen molar-refractivity contribution in [3.8, 4) is 5.75 Å². The van der Waals surface area contributed by atoms with Crippen molar-refractivity contribution in [2.45, 2.75) is 12.4 Å². The van der Waals surface area contributed by atoms with Gasteiger partial charge in [-0.15, -0.1) is 0 Å². The first-order chi connectivity index (χ1) is 11.5. The maximum absolute atomic E-state index is 12.2. The first-order valence-electron chi connectivity index (χ1n) is 7.41. The molecule has 3 rings (SSSR count). The van der Waals surface area contributed by atoms with Crippen molar-refractivity contribution in [3.05, 3.63) is 63.5 Å². The largest absolute Gasteiger partial charge is 0.497 e. The fourth-order valence-corrected chi connectivity index (χ4v) is 3.49. The molecule has 1 aliphatic rings. The second-order valence-electron chi connectivity index (χ2n) is 5.36. The number of carbonyl (C=O) groups is 1. The summed E-state index contributed by atoms with van der Waals surface area (Å²) in [5, 5.41) is 6.88. The van der Waals surface area contributed by atoms with Crippen molar-refractivity contribution in [1.29, 1.82) is 0 Å². The van der Waals surface area contributed by atoms with Gasteiger partial charge < -0.3 is 15.4 Å². The quantitative estimate of drug-likeness (QED) is 0.800. The minimum Gasteiger partial charge on any atom is -0.497 e.